The highest BCUT2D eigenvalue weighted by atomic mass is 19.1. The molecule has 0 N–H and O–H groups in total. The van der Waals surface area contributed by atoms with Gasteiger partial charge in [0, 0.05) is 24.6 Å². The molecule has 0 fully saturated rings. The van der Waals surface area contributed by atoms with Crippen LogP contribution in [0.25, 0.3) is 10.8 Å². The summed E-state index contributed by atoms with van der Waals surface area (Å²) in [4.78, 5) is 15.0. The number of hydrogen-bond donors (Lipinski definition) is 0. The highest BCUT2D eigenvalue weighted by Gasteiger charge is 2.33. The minimum Gasteiger partial charge on any atom is -0.489 e. The van der Waals surface area contributed by atoms with Gasteiger partial charge in [0.25, 0.3) is 0 Å². The second kappa shape index (κ2) is 9.07. The Morgan fingerprint density at radius 3 is 2.45 bits per heavy atom. The number of ether oxygens (including phenoxy) is 1. The van der Waals surface area contributed by atoms with Gasteiger partial charge in [-0.3, -0.25) is 4.79 Å². The minimum absolute atomic E-state index is 0.00199. The summed E-state index contributed by atoms with van der Waals surface area (Å²) in [6.07, 6.45) is 1.37. The number of amides is 1. The quantitative estimate of drug-likeness (QED) is 0.329. The summed E-state index contributed by atoms with van der Waals surface area (Å²) in [5, 5.41) is 2.39. The number of carbonyl (C=O) groups excluding carboxylic acids is 1. The van der Waals surface area contributed by atoms with Crippen molar-refractivity contribution in [2.24, 2.45) is 0 Å². The maximum Gasteiger partial charge on any atom is 0.227 e. The third-order valence-electron chi connectivity index (χ3n) is 6.32. The lowest BCUT2D eigenvalue weighted by atomic mass is 9.81. The van der Waals surface area contributed by atoms with Crippen molar-refractivity contribution >= 4 is 22.4 Å². The lowest BCUT2D eigenvalue weighted by Crippen LogP contribution is -2.37. The third-order valence-corrected chi connectivity index (χ3v) is 6.32. The number of halogens is 1. The molecule has 4 heteroatoms. The molecule has 0 aliphatic carbocycles. The predicted molar refractivity (Wildman–Crippen MR) is 130 cm³/mol. The maximum atomic E-state index is 13.1. The second-order valence-corrected chi connectivity index (χ2v) is 8.51. The summed E-state index contributed by atoms with van der Waals surface area (Å²) in [6.45, 7) is 3.21. The molecule has 5 rings (SSSR count). The van der Waals surface area contributed by atoms with Gasteiger partial charge in [-0.2, -0.15) is 0 Å². The van der Waals surface area contributed by atoms with Crippen LogP contribution in [0.2, 0.25) is 0 Å². The molecular weight excluding hydrogens is 413 g/mol. The minimum atomic E-state index is -0.254. The Labute approximate surface area is 193 Å². The second-order valence-electron chi connectivity index (χ2n) is 8.51. The van der Waals surface area contributed by atoms with Crippen LogP contribution in [0.5, 0.6) is 5.75 Å². The number of fused-ring (bicyclic) bond motifs is 3. The summed E-state index contributed by atoms with van der Waals surface area (Å²) in [7, 11) is 0. The van der Waals surface area contributed by atoms with Crippen molar-refractivity contribution in [3.05, 3.63) is 107 Å². The molecule has 1 amide bonds. The summed E-state index contributed by atoms with van der Waals surface area (Å²) < 4.78 is 19.0. The van der Waals surface area contributed by atoms with Gasteiger partial charge in [0.05, 0.1) is 0 Å². The molecule has 0 radical (unpaired) electrons. The van der Waals surface area contributed by atoms with Crippen LogP contribution < -0.4 is 9.64 Å². The molecule has 0 spiro atoms. The Morgan fingerprint density at radius 1 is 0.939 bits per heavy atom. The normalized spacial score (nSPS) is 15.5. The average molecular weight is 440 g/mol. The fourth-order valence-corrected chi connectivity index (χ4v) is 4.70. The first kappa shape index (κ1) is 21.2. The zero-order valence-corrected chi connectivity index (χ0v) is 18.6. The van der Waals surface area contributed by atoms with Crippen LogP contribution in [0.4, 0.5) is 10.1 Å². The largest absolute Gasteiger partial charge is 0.489 e. The highest BCUT2D eigenvalue weighted by molar-refractivity contribution is 6.03. The van der Waals surface area contributed by atoms with E-state index < -0.39 is 0 Å². The van der Waals surface area contributed by atoms with Crippen LogP contribution in [-0.4, -0.2) is 12.5 Å². The zero-order chi connectivity index (χ0) is 22.8. The van der Waals surface area contributed by atoms with Gasteiger partial charge in [-0.25, -0.2) is 4.39 Å². The van der Waals surface area contributed by atoms with E-state index in [0.29, 0.717) is 13.0 Å². The van der Waals surface area contributed by atoms with Crippen molar-refractivity contribution in [3.63, 3.8) is 0 Å². The summed E-state index contributed by atoms with van der Waals surface area (Å²) >= 11 is 0. The van der Waals surface area contributed by atoms with Gasteiger partial charge in [-0.05, 0) is 64.2 Å². The number of hydrogen-bond acceptors (Lipinski definition) is 2. The van der Waals surface area contributed by atoms with Crippen LogP contribution >= 0.6 is 0 Å². The van der Waals surface area contributed by atoms with Crippen molar-refractivity contribution in [1.29, 1.82) is 0 Å². The van der Waals surface area contributed by atoms with Gasteiger partial charge in [0.15, 0.2) is 0 Å². The first-order valence-electron chi connectivity index (χ1n) is 11.4. The van der Waals surface area contributed by atoms with E-state index in [9.17, 15) is 9.18 Å². The van der Waals surface area contributed by atoms with Crippen LogP contribution in [0, 0.1) is 5.82 Å². The molecule has 4 aromatic rings. The molecule has 33 heavy (non-hydrogen) atoms. The first-order chi connectivity index (χ1) is 16.1. The van der Waals surface area contributed by atoms with E-state index >= 15 is 0 Å². The monoisotopic (exact) mass is 439 g/mol. The van der Waals surface area contributed by atoms with Crippen LogP contribution in [-0.2, 0) is 11.4 Å². The summed E-state index contributed by atoms with van der Waals surface area (Å²) in [5.41, 5.74) is 4.26. The fourth-order valence-electron chi connectivity index (χ4n) is 4.70. The highest BCUT2D eigenvalue weighted by Crippen LogP contribution is 2.44. The van der Waals surface area contributed by atoms with E-state index in [2.05, 4.69) is 55.5 Å². The van der Waals surface area contributed by atoms with E-state index in [4.69, 9.17) is 4.74 Å². The van der Waals surface area contributed by atoms with E-state index in [-0.39, 0.29) is 17.6 Å². The standard InChI is InChI=1S/C29H26FNO2/c1-2-17-31-27-16-11-21-5-3-4-6-25(21)29(27)26(18-28(31)32)22-9-14-24(15-10-22)33-19-20-7-12-23(30)13-8-20/h3-16,26H,2,17-19H2,1H3. The molecule has 0 saturated carbocycles. The van der Waals surface area contributed by atoms with E-state index in [0.717, 1.165) is 35.5 Å². The number of nitrogens with zero attached hydrogens (tertiary/aromatic N) is 1. The molecule has 1 unspecified atom stereocenters. The van der Waals surface area contributed by atoms with E-state index in [1.165, 1.54) is 28.5 Å². The van der Waals surface area contributed by atoms with E-state index in [1.807, 2.05) is 17.0 Å². The molecule has 0 bridgehead atoms. The predicted octanol–water partition coefficient (Wildman–Crippen LogP) is 6.84. The van der Waals surface area contributed by atoms with Crippen molar-refractivity contribution in [3.8, 4) is 5.75 Å². The van der Waals surface area contributed by atoms with Crippen LogP contribution in [0.1, 0.15) is 42.4 Å². The molecule has 0 aromatic heterocycles. The molecule has 4 aromatic carbocycles. The molecule has 166 valence electrons. The van der Waals surface area contributed by atoms with Gasteiger partial charge < -0.3 is 9.64 Å². The van der Waals surface area contributed by atoms with Gasteiger partial charge in [-0.1, -0.05) is 61.5 Å². The first-order valence-corrected chi connectivity index (χ1v) is 11.4. The molecule has 1 heterocycles. The van der Waals surface area contributed by atoms with Crippen molar-refractivity contribution in [2.75, 3.05) is 11.4 Å². The smallest absolute Gasteiger partial charge is 0.227 e. The molecule has 0 saturated heterocycles. The fraction of sp³-hybridized carbons (Fsp3) is 0.207. The van der Waals surface area contributed by atoms with Gasteiger partial charge >= 0.3 is 0 Å². The lowest BCUT2D eigenvalue weighted by Gasteiger charge is -2.35. The Bertz CT molecular complexity index is 1280. The van der Waals surface area contributed by atoms with Gasteiger partial charge in [0.1, 0.15) is 18.2 Å². The molecular formula is C29H26FNO2. The van der Waals surface area contributed by atoms with Crippen molar-refractivity contribution in [1.82, 2.24) is 0 Å². The Morgan fingerprint density at radius 2 is 1.70 bits per heavy atom. The summed E-state index contributed by atoms with van der Waals surface area (Å²) in [5.74, 6) is 0.658. The van der Waals surface area contributed by atoms with Gasteiger partial charge in [-0.15, -0.1) is 0 Å². The zero-order valence-electron chi connectivity index (χ0n) is 18.6. The molecule has 1 aliphatic rings. The summed E-state index contributed by atoms with van der Waals surface area (Å²) in [6, 6.07) is 26.9. The lowest BCUT2D eigenvalue weighted by molar-refractivity contribution is -0.119. The number of benzene rings is 4. The Kier molecular flexibility index (Phi) is 5.82. The third kappa shape index (κ3) is 4.21. The Balaban J connectivity index is 1.46. The molecule has 1 atom stereocenters. The van der Waals surface area contributed by atoms with Crippen LogP contribution in [0.15, 0.2) is 84.9 Å². The SMILES string of the molecule is CCCN1C(=O)CC(c2ccc(OCc3ccc(F)cc3)cc2)c2c1ccc1ccccc21. The Hall–Kier alpha value is -3.66. The topological polar surface area (TPSA) is 29.5 Å². The van der Waals surface area contributed by atoms with Crippen molar-refractivity contribution in [2.45, 2.75) is 32.3 Å². The average Bonchev–Trinajstić information content (AvgIpc) is 2.85. The maximum absolute atomic E-state index is 13.1. The number of carbonyl (C=O) groups is 1. The molecule has 3 nitrogen and oxygen atoms in total. The van der Waals surface area contributed by atoms with Crippen molar-refractivity contribution < 1.29 is 13.9 Å². The van der Waals surface area contributed by atoms with Gasteiger partial charge in [0.2, 0.25) is 5.91 Å². The van der Waals surface area contributed by atoms with E-state index in [1.54, 1.807) is 12.1 Å². The van der Waals surface area contributed by atoms with Crippen LogP contribution in [0.3, 0.4) is 0 Å². The number of anilines is 1. The number of rotatable bonds is 6. The molecule has 1 aliphatic heterocycles.